The standard InChI is InChI=1S/C21H27N3O2/c1-16-12-14-17(15-13-16)23-20(25)10-4-3-5-11-21(26)24-19-9-7-6-8-18(19)22-2/h6-9,12-15,22H,3-5,10-11H2,1-2H3,(H,23,25)(H,24,26). The molecule has 0 heterocycles. The van der Waals surface area contributed by atoms with Gasteiger partial charge in [0.2, 0.25) is 11.8 Å². The number of para-hydroxylation sites is 2. The SMILES string of the molecule is CNc1ccccc1NC(=O)CCCCCC(=O)Nc1ccc(C)cc1. The fourth-order valence-electron chi connectivity index (χ4n) is 2.63. The molecule has 26 heavy (non-hydrogen) atoms. The molecule has 138 valence electrons. The monoisotopic (exact) mass is 353 g/mol. The second kappa shape index (κ2) is 10.2. The van der Waals surface area contributed by atoms with Crippen LogP contribution in [0.4, 0.5) is 17.1 Å². The molecule has 0 unspecified atom stereocenters. The Kier molecular flexibility index (Phi) is 7.68. The summed E-state index contributed by atoms with van der Waals surface area (Å²) in [5, 5.41) is 8.86. The third kappa shape index (κ3) is 6.59. The van der Waals surface area contributed by atoms with Crippen LogP contribution in [0.5, 0.6) is 0 Å². The molecule has 0 aliphatic rings. The predicted molar refractivity (Wildman–Crippen MR) is 108 cm³/mol. The van der Waals surface area contributed by atoms with Gasteiger partial charge in [0.05, 0.1) is 11.4 Å². The van der Waals surface area contributed by atoms with Crippen LogP contribution >= 0.6 is 0 Å². The van der Waals surface area contributed by atoms with E-state index in [4.69, 9.17) is 0 Å². The van der Waals surface area contributed by atoms with Gasteiger partial charge in [0.15, 0.2) is 0 Å². The van der Waals surface area contributed by atoms with Crippen molar-refractivity contribution in [3.8, 4) is 0 Å². The molecule has 0 fully saturated rings. The van der Waals surface area contributed by atoms with Crippen LogP contribution in [0.1, 0.15) is 37.7 Å². The van der Waals surface area contributed by atoms with Crippen LogP contribution in [0.25, 0.3) is 0 Å². The van der Waals surface area contributed by atoms with Crippen LogP contribution in [0.3, 0.4) is 0 Å². The molecule has 0 aliphatic heterocycles. The Labute approximate surface area is 155 Å². The maximum Gasteiger partial charge on any atom is 0.224 e. The van der Waals surface area contributed by atoms with E-state index in [-0.39, 0.29) is 11.8 Å². The van der Waals surface area contributed by atoms with E-state index in [2.05, 4.69) is 16.0 Å². The van der Waals surface area contributed by atoms with Gasteiger partial charge in [0.25, 0.3) is 0 Å². The smallest absolute Gasteiger partial charge is 0.224 e. The molecule has 2 rings (SSSR count). The van der Waals surface area contributed by atoms with Crippen molar-refractivity contribution in [2.75, 3.05) is 23.0 Å². The minimum atomic E-state index is -0.00296. The summed E-state index contributed by atoms with van der Waals surface area (Å²) in [4.78, 5) is 23.9. The van der Waals surface area contributed by atoms with Gasteiger partial charge in [0, 0.05) is 25.6 Å². The van der Waals surface area contributed by atoms with Crippen molar-refractivity contribution in [1.29, 1.82) is 0 Å². The molecule has 2 aromatic carbocycles. The Bertz CT molecular complexity index is 726. The van der Waals surface area contributed by atoms with E-state index in [9.17, 15) is 9.59 Å². The van der Waals surface area contributed by atoms with Crippen LogP contribution in [0.2, 0.25) is 0 Å². The highest BCUT2D eigenvalue weighted by Crippen LogP contribution is 2.20. The summed E-state index contributed by atoms with van der Waals surface area (Å²) in [6.45, 7) is 2.01. The topological polar surface area (TPSA) is 70.2 Å². The van der Waals surface area contributed by atoms with E-state index in [0.717, 1.165) is 36.3 Å². The van der Waals surface area contributed by atoms with Crippen molar-refractivity contribution in [2.45, 2.75) is 39.0 Å². The molecule has 5 heteroatoms. The van der Waals surface area contributed by atoms with E-state index in [0.29, 0.717) is 12.8 Å². The Balaban J connectivity index is 1.61. The number of nitrogens with one attached hydrogen (secondary N) is 3. The first-order valence-corrected chi connectivity index (χ1v) is 9.01. The second-order valence-corrected chi connectivity index (χ2v) is 6.32. The molecule has 0 radical (unpaired) electrons. The first kappa shape index (κ1) is 19.5. The van der Waals surface area contributed by atoms with Gasteiger partial charge in [-0.25, -0.2) is 0 Å². The van der Waals surface area contributed by atoms with Crippen molar-refractivity contribution in [1.82, 2.24) is 0 Å². The number of benzene rings is 2. The number of rotatable bonds is 9. The molecule has 0 atom stereocenters. The van der Waals surface area contributed by atoms with Crippen LogP contribution in [0.15, 0.2) is 48.5 Å². The van der Waals surface area contributed by atoms with Gasteiger partial charge in [-0.3, -0.25) is 9.59 Å². The first-order valence-electron chi connectivity index (χ1n) is 9.01. The number of anilines is 3. The minimum Gasteiger partial charge on any atom is -0.386 e. The van der Waals surface area contributed by atoms with Gasteiger partial charge >= 0.3 is 0 Å². The molecular formula is C21H27N3O2. The number of hydrogen-bond donors (Lipinski definition) is 3. The van der Waals surface area contributed by atoms with Crippen LogP contribution in [0, 0.1) is 6.92 Å². The summed E-state index contributed by atoms with van der Waals surface area (Å²) >= 11 is 0. The quantitative estimate of drug-likeness (QED) is 0.579. The number of carbonyl (C=O) groups excluding carboxylic acids is 2. The fraction of sp³-hybridized carbons (Fsp3) is 0.333. The van der Waals surface area contributed by atoms with Crippen molar-refractivity contribution in [3.05, 3.63) is 54.1 Å². The van der Waals surface area contributed by atoms with E-state index >= 15 is 0 Å². The zero-order valence-corrected chi connectivity index (χ0v) is 15.5. The molecule has 2 aromatic rings. The van der Waals surface area contributed by atoms with E-state index in [1.54, 1.807) is 0 Å². The summed E-state index contributed by atoms with van der Waals surface area (Å²) in [5.41, 5.74) is 3.67. The number of aryl methyl sites for hydroxylation is 1. The molecule has 0 saturated heterocycles. The predicted octanol–water partition coefficient (Wildman–Crippen LogP) is 4.56. The van der Waals surface area contributed by atoms with Crippen molar-refractivity contribution < 1.29 is 9.59 Å². The maximum absolute atomic E-state index is 12.0. The summed E-state index contributed by atoms with van der Waals surface area (Å²) < 4.78 is 0. The number of amides is 2. The Hall–Kier alpha value is -2.82. The van der Waals surface area contributed by atoms with Crippen LogP contribution in [-0.2, 0) is 9.59 Å². The molecule has 0 bridgehead atoms. The Morgan fingerprint density at radius 1 is 0.769 bits per heavy atom. The molecule has 3 N–H and O–H groups in total. The van der Waals surface area contributed by atoms with Crippen molar-refractivity contribution >= 4 is 28.9 Å². The van der Waals surface area contributed by atoms with Gasteiger partial charge in [-0.1, -0.05) is 36.2 Å². The molecular weight excluding hydrogens is 326 g/mol. The molecule has 5 nitrogen and oxygen atoms in total. The highest BCUT2D eigenvalue weighted by molar-refractivity contribution is 5.94. The maximum atomic E-state index is 12.0. The first-order chi connectivity index (χ1) is 12.6. The zero-order valence-electron chi connectivity index (χ0n) is 15.5. The highest BCUT2D eigenvalue weighted by Gasteiger charge is 2.06. The average molecular weight is 353 g/mol. The Morgan fingerprint density at radius 2 is 1.35 bits per heavy atom. The van der Waals surface area contributed by atoms with E-state index < -0.39 is 0 Å². The molecule has 0 saturated carbocycles. The van der Waals surface area contributed by atoms with Gasteiger partial charge < -0.3 is 16.0 Å². The largest absolute Gasteiger partial charge is 0.386 e. The normalized spacial score (nSPS) is 10.2. The molecule has 0 aromatic heterocycles. The number of unbranched alkanes of at least 4 members (excludes halogenated alkanes) is 2. The van der Waals surface area contributed by atoms with Crippen LogP contribution in [-0.4, -0.2) is 18.9 Å². The zero-order chi connectivity index (χ0) is 18.8. The lowest BCUT2D eigenvalue weighted by atomic mass is 10.1. The van der Waals surface area contributed by atoms with Crippen molar-refractivity contribution in [2.24, 2.45) is 0 Å². The fourth-order valence-corrected chi connectivity index (χ4v) is 2.63. The lowest BCUT2D eigenvalue weighted by Crippen LogP contribution is -2.13. The summed E-state index contributed by atoms with van der Waals surface area (Å²) in [7, 11) is 1.83. The van der Waals surface area contributed by atoms with Crippen LogP contribution < -0.4 is 16.0 Å². The molecule has 0 spiro atoms. The summed E-state index contributed by atoms with van der Waals surface area (Å²) in [6.07, 6.45) is 3.32. The van der Waals surface area contributed by atoms with Gasteiger partial charge in [-0.05, 0) is 44.0 Å². The average Bonchev–Trinajstić information content (AvgIpc) is 2.64. The van der Waals surface area contributed by atoms with Gasteiger partial charge in [-0.2, -0.15) is 0 Å². The van der Waals surface area contributed by atoms with Gasteiger partial charge in [-0.15, -0.1) is 0 Å². The summed E-state index contributed by atoms with van der Waals surface area (Å²) in [5.74, 6) is 0.0121. The van der Waals surface area contributed by atoms with E-state index in [1.807, 2.05) is 62.5 Å². The van der Waals surface area contributed by atoms with Crippen molar-refractivity contribution in [3.63, 3.8) is 0 Å². The molecule has 0 aliphatic carbocycles. The lowest BCUT2D eigenvalue weighted by Gasteiger charge is -2.10. The minimum absolute atomic E-state index is 0.00296. The third-order valence-corrected chi connectivity index (χ3v) is 4.11. The third-order valence-electron chi connectivity index (χ3n) is 4.11. The number of hydrogen-bond acceptors (Lipinski definition) is 3. The lowest BCUT2D eigenvalue weighted by molar-refractivity contribution is -0.116. The van der Waals surface area contributed by atoms with Gasteiger partial charge in [0.1, 0.15) is 0 Å². The Morgan fingerprint density at radius 3 is 1.96 bits per heavy atom. The van der Waals surface area contributed by atoms with E-state index in [1.165, 1.54) is 5.56 Å². The highest BCUT2D eigenvalue weighted by atomic mass is 16.2. The molecule has 2 amide bonds. The summed E-state index contributed by atoms with van der Waals surface area (Å²) in [6, 6.07) is 15.4. The number of carbonyl (C=O) groups is 2. The second-order valence-electron chi connectivity index (χ2n) is 6.32.